The number of benzene rings is 1. The fraction of sp³-hybridized carbons (Fsp3) is 0.176. The first-order chi connectivity index (χ1) is 10.2. The molecule has 3 aromatic rings. The molecule has 0 aliphatic carbocycles. The van der Waals surface area contributed by atoms with Gasteiger partial charge in [0.15, 0.2) is 6.29 Å². The van der Waals surface area contributed by atoms with Crippen molar-refractivity contribution in [2.24, 2.45) is 0 Å². The van der Waals surface area contributed by atoms with Crippen LogP contribution in [0.3, 0.4) is 0 Å². The van der Waals surface area contributed by atoms with E-state index in [-0.39, 0.29) is 6.10 Å². The molecule has 4 heteroatoms. The molecular weight excluding hydrogens is 266 g/mol. The van der Waals surface area contributed by atoms with Gasteiger partial charge in [-0.2, -0.15) is 0 Å². The molecule has 0 amide bonds. The fourth-order valence-corrected chi connectivity index (χ4v) is 2.73. The Morgan fingerprint density at radius 2 is 1.81 bits per heavy atom. The van der Waals surface area contributed by atoms with Gasteiger partial charge in [0.25, 0.3) is 0 Å². The van der Waals surface area contributed by atoms with Crippen molar-refractivity contribution < 1.29 is 14.9 Å². The SMILES string of the molecule is OC(c1ccccc1)c1cc(C2OC2O)cc2cccn12. The Morgan fingerprint density at radius 1 is 1.05 bits per heavy atom. The zero-order chi connectivity index (χ0) is 14.4. The first-order valence-corrected chi connectivity index (χ1v) is 6.91. The van der Waals surface area contributed by atoms with E-state index in [4.69, 9.17) is 4.74 Å². The molecule has 3 atom stereocenters. The molecular formula is C17H15NO3. The summed E-state index contributed by atoms with van der Waals surface area (Å²) >= 11 is 0. The van der Waals surface area contributed by atoms with E-state index < -0.39 is 12.4 Å². The number of aliphatic hydroxyl groups excluding tert-OH is 2. The second kappa shape index (κ2) is 4.70. The average Bonchev–Trinajstić information content (AvgIpc) is 3.07. The first-order valence-electron chi connectivity index (χ1n) is 6.91. The van der Waals surface area contributed by atoms with Crippen LogP contribution in [0.15, 0.2) is 60.8 Å². The molecule has 1 saturated heterocycles. The molecule has 2 aromatic heterocycles. The number of epoxide rings is 1. The van der Waals surface area contributed by atoms with Gasteiger partial charge in [-0.15, -0.1) is 0 Å². The van der Waals surface area contributed by atoms with E-state index in [2.05, 4.69) is 0 Å². The molecule has 3 unspecified atom stereocenters. The molecule has 1 aromatic carbocycles. The van der Waals surface area contributed by atoms with Crippen molar-refractivity contribution in [1.82, 2.24) is 4.40 Å². The summed E-state index contributed by atoms with van der Waals surface area (Å²) in [6.07, 6.45) is 0.179. The van der Waals surface area contributed by atoms with Crippen molar-refractivity contribution in [1.29, 1.82) is 0 Å². The molecule has 2 N–H and O–H groups in total. The molecule has 0 spiro atoms. The van der Waals surface area contributed by atoms with E-state index in [0.29, 0.717) is 0 Å². The van der Waals surface area contributed by atoms with Gasteiger partial charge < -0.3 is 19.4 Å². The number of nitrogens with zero attached hydrogens (tertiary/aromatic N) is 1. The van der Waals surface area contributed by atoms with Gasteiger partial charge >= 0.3 is 0 Å². The summed E-state index contributed by atoms with van der Waals surface area (Å²) in [6.45, 7) is 0. The number of fused-ring (bicyclic) bond motifs is 1. The Kier molecular flexibility index (Phi) is 2.82. The Morgan fingerprint density at radius 3 is 2.52 bits per heavy atom. The number of aromatic nitrogens is 1. The summed E-state index contributed by atoms with van der Waals surface area (Å²) in [5.41, 5.74) is 3.46. The molecule has 21 heavy (non-hydrogen) atoms. The molecule has 4 rings (SSSR count). The van der Waals surface area contributed by atoms with Crippen LogP contribution in [0, 0.1) is 0 Å². The number of hydrogen-bond acceptors (Lipinski definition) is 3. The van der Waals surface area contributed by atoms with Gasteiger partial charge in [-0.05, 0) is 35.4 Å². The van der Waals surface area contributed by atoms with Crippen LogP contribution in [0.4, 0.5) is 0 Å². The highest BCUT2D eigenvalue weighted by Crippen LogP contribution is 2.38. The van der Waals surface area contributed by atoms with E-state index >= 15 is 0 Å². The standard InChI is InChI=1S/C17H15NO3/c19-15(11-5-2-1-3-6-11)14-10-12(16-17(20)21-16)9-13-7-4-8-18(13)14/h1-10,15-17,19-20H. The van der Waals surface area contributed by atoms with Crippen LogP contribution in [-0.2, 0) is 4.74 Å². The van der Waals surface area contributed by atoms with Crippen LogP contribution in [-0.4, -0.2) is 20.9 Å². The van der Waals surface area contributed by atoms with E-state index in [1.807, 2.05) is 65.2 Å². The summed E-state index contributed by atoms with van der Waals surface area (Å²) in [5.74, 6) is 0. The fourth-order valence-electron chi connectivity index (χ4n) is 2.73. The average molecular weight is 281 g/mol. The lowest BCUT2D eigenvalue weighted by Gasteiger charge is -2.15. The van der Waals surface area contributed by atoms with Gasteiger partial charge in [-0.25, -0.2) is 0 Å². The molecule has 3 heterocycles. The Hall–Kier alpha value is -2.14. The van der Waals surface area contributed by atoms with Crippen LogP contribution in [0.5, 0.6) is 0 Å². The minimum Gasteiger partial charge on any atom is -0.382 e. The second-order valence-electron chi connectivity index (χ2n) is 5.28. The van der Waals surface area contributed by atoms with E-state index in [1.54, 1.807) is 0 Å². The maximum atomic E-state index is 10.7. The lowest BCUT2D eigenvalue weighted by Crippen LogP contribution is -2.06. The van der Waals surface area contributed by atoms with Gasteiger partial charge in [0.1, 0.15) is 12.2 Å². The predicted molar refractivity (Wildman–Crippen MR) is 77.7 cm³/mol. The van der Waals surface area contributed by atoms with Gasteiger partial charge in [-0.3, -0.25) is 0 Å². The lowest BCUT2D eigenvalue weighted by molar-refractivity contribution is 0.156. The van der Waals surface area contributed by atoms with Crippen molar-refractivity contribution in [3.63, 3.8) is 0 Å². The van der Waals surface area contributed by atoms with Crippen molar-refractivity contribution >= 4 is 5.52 Å². The summed E-state index contributed by atoms with van der Waals surface area (Å²) in [6, 6.07) is 17.3. The summed E-state index contributed by atoms with van der Waals surface area (Å²) in [5, 5.41) is 20.1. The number of rotatable bonds is 3. The maximum absolute atomic E-state index is 10.7. The zero-order valence-corrected chi connectivity index (χ0v) is 11.3. The maximum Gasteiger partial charge on any atom is 0.186 e. The van der Waals surface area contributed by atoms with Gasteiger partial charge in [0, 0.05) is 11.7 Å². The molecule has 0 bridgehead atoms. The molecule has 1 aliphatic heterocycles. The monoisotopic (exact) mass is 281 g/mol. The minimum absolute atomic E-state index is 0.286. The number of hydrogen-bond donors (Lipinski definition) is 2. The Bertz CT molecular complexity index is 781. The molecule has 1 fully saturated rings. The second-order valence-corrected chi connectivity index (χ2v) is 5.28. The van der Waals surface area contributed by atoms with Gasteiger partial charge in [-0.1, -0.05) is 30.3 Å². The van der Waals surface area contributed by atoms with Crippen LogP contribution in [0.1, 0.15) is 29.0 Å². The van der Waals surface area contributed by atoms with Crippen LogP contribution < -0.4 is 0 Å². The third-order valence-corrected chi connectivity index (χ3v) is 3.88. The largest absolute Gasteiger partial charge is 0.382 e. The van der Waals surface area contributed by atoms with Crippen molar-refractivity contribution in [3.8, 4) is 0 Å². The highest BCUT2D eigenvalue weighted by molar-refractivity contribution is 5.53. The summed E-state index contributed by atoms with van der Waals surface area (Å²) < 4.78 is 7.09. The highest BCUT2D eigenvalue weighted by atomic mass is 16.7. The Balaban J connectivity index is 1.84. The molecule has 0 saturated carbocycles. The smallest absolute Gasteiger partial charge is 0.186 e. The van der Waals surface area contributed by atoms with Gasteiger partial charge in [0.05, 0.1) is 5.69 Å². The first kappa shape index (κ1) is 12.6. The predicted octanol–water partition coefficient (Wildman–Crippen LogP) is 2.41. The van der Waals surface area contributed by atoms with Crippen molar-refractivity contribution in [2.75, 3.05) is 0 Å². The van der Waals surface area contributed by atoms with Gasteiger partial charge in [0.2, 0.25) is 0 Å². The lowest BCUT2D eigenvalue weighted by atomic mass is 10.0. The minimum atomic E-state index is -0.732. The molecule has 4 nitrogen and oxygen atoms in total. The van der Waals surface area contributed by atoms with Crippen LogP contribution >= 0.6 is 0 Å². The zero-order valence-electron chi connectivity index (χ0n) is 11.3. The molecule has 106 valence electrons. The number of aliphatic hydroxyl groups is 2. The quantitative estimate of drug-likeness (QED) is 0.725. The van der Waals surface area contributed by atoms with Crippen molar-refractivity contribution in [3.05, 3.63) is 77.6 Å². The van der Waals surface area contributed by atoms with E-state index in [1.165, 1.54) is 0 Å². The van der Waals surface area contributed by atoms with Crippen LogP contribution in [0.2, 0.25) is 0 Å². The van der Waals surface area contributed by atoms with Crippen molar-refractivity contribution in [2.45, 2.75) is 18.5 Å². The third-order valence-electron chi connectivity index (χ3n) is 3.88. The number of ether oxygens (including phenoxy) is 1. The normalized spacial score (nSPS) is 22.4. The van der Waals surface area contributed by atoms with E-state index in [9.17, 15) is 10.2 Å². The summed E-state index contributed by atoms with van der Waals surface area (Å²) in [4.78, 5) is 0. The highest BCUT2D eigenvalue weighted by Gasteiger charge is 2.39. The Labute approximate surface area is 121 Å². The molecule has 1 aliphatic rings. The van der Waals surface area contributed by atoms with Crippen LogP contribution in [0.25, 0.3) is 5.52 Å². The molecule has 0 radical (unpaired) electrons. The number of pyridine rings is 1. The summed E-state index contributed by atoms with van der Waals surface area (Å²) in [7, 11) is 0. The topological polar surface area (TPSA) is 57.4 Å². The third kappa shape index (κ3) is 2.14. The van der Waals surface area contributed by atoms with E-state index in [0.717, 1.165) is 22.3 Å².